The minimum absolute atomic E-state index is 0. The summed E-state index contributed by atoms with van der Waals surface area (Å²) >= 11 is 0. The van der Waals surface area contributed by atoms with Crippen LogP contribution in [0.4, 0.5) is 8.78 Å². The minimum atomic E-state index is -2.87. The van der Waals surface area contributed by atoms with Gasteiger partial charge in [0.2, 0.25) is 0 Å². The first-order chi connectivity index (χ1) is 12.6. The van der Waals surface area contributed by atoms with Crippen LogP contribution in [0.5, 0.6) is 11.5 Å². The molecule has 2 fully saturated rings. The van der Waals surface area contributed by atoms with E-state index in [-0.39, 0.29) is 36.3 Å². The zero-order valence-electron chi connectivity index (χ0n) is 15.8. The molecule has 5 nitrogen and oxygen atoms in total. The van der Waals surface area contributed by atoms with Gasteiger partial charge in [-0.3, -0.25) is 0 Å². The predicted octanol–water partition coefficient (Wildman–Crippen LogP) is 4.16. The highest BCUT2D eigenvalue weighted by atomic mass is 127. The number of benzene rings is 1. The molecule has 2 N–H and O–H groups in total. The van der Waals surface area contributed by atoms with Gasteiger partial charge in [0.15, 0.2) is 5.96 Å². The zero-order valence-corrected chi connectivity index (χ0v) is 18.1. The van der Waals surface area contributed by atoms with Gasteiger partial charge in [0, 0.05) is 18.7 Å². The lowest BCUT2D eigenvalue weighted by molar-refractivity contribution is -0.0504. The minimum Gasteiger partial charge on any atom is -0.497 e. The summed E-state index contributed by atoms with van der Waals surface area (Å²) in [6.45, 7) is 1.01. The van der Waals surface area contributed by atoms with E-state index >= 15 is 0 Å². The van der Waals surface area contributed by atoms with Crippen LogP contribution in [0.2, 0.25) is 0 Å². The largest absolute Gasteiger partial charge is 0.497 e. The van der Waals surface area contributed by atoms with Crippen molar-refractivity contribution in [3.63, 3.8) is 0 Å². The van der Waals surface area contributed by atoms with Gasteiger partial charge in [-0.15, -0.1) is 24.0 Å². The number of aliphatic imine (C=N–C) groups is 1. The van der Waals surface area contributed by atoms with Gasteiger partial charge in [-0.1, -0.05) is 0 Å². The van der Waals surface area contributed by atoms with Crippen LogP contribution in [0.15, 0.2) is 23.2 Å². The van der Waals surface area contributed by atoms with Gasteiger partial charge in [0.1, 0.15) is 11.5 Å². The maximum atomic E-state index is 12.6. The Morgan fingerprint density at radius 3 is 2.59 bits per heavy atom. The molecule has 0 aliphatic heterocycles. The number of methoxy groups -OCH3 is 1. The van der Waals surface area contributed by atoms with Gasteiger partial charge < -0.3 is 20.1 Å². The van der Waals surface area contributed by atoms with E-state index in [0.717, 1.165) is 19.0 Å². The fourth-order valence-electron chi connectivity index (χ4n) is 3.37. The smallest absolute Gasteiger partial charge is 0.387 e. The lowest BCUT2D eigenvalue weighted by Crippen LogP contribution is -2.40. The van der Waals surface area contributed by atoms with Gasteiger partial charge in [0.25, 0.3) is 0 Å². The molecule has 2 aliphatic rings. The van der Waals surface area contributed by atoms with Crippen LogP contribution in [0, 0.1) is 11.3 Å². The van der Waals surface area contributed by atoms with Crippen LogP contribution in [-0.4, -0.2) is 32.8 Å². The first-order valence-corrected chi connectivity index (χ1v) is 9.20. The third kappa shape index (κ3) is 6.08. The molecule has 0 aromatic heterocycles. The van der Waals surface area contributed by atoms with E-state index in [4.69, 9.17) is 4.74 Å². The highest BCUT2D eigenvalue weighted by molar-refractivity contribution is 14.0. The first kappa shape index (κ1) is 22.0. The number of hydrogen-bond donors (Lipinski definition) is 2. The van der Waals surface area contributed by atoms with Crippen LogP contribution in [0.25, 0.3) is 0 Å². The number of alkyl halides is 2. The van der Waals surface area contributed by atoms with Crippen molar-refractivity contribution in [2.75, 3.05) is 20.2 Å². The molecule has 0 heterocycles. The fourth-order valence-corrected chi connectivity index (χ4v) is 3.37. The molecule has 152 valence electrons. The summed E-state index contributed by atoms with van der Waals surface area (Å²) in [6, 6.07) is 4.76. The van der Waals surface area contributed by atoms with E-state index in [2.05, 4.69) is 20.4 Å². The van der Waals surface area contributed by atoms with E-state index in [9.17, 15) is 8.78 Å². The molecule has 0 saturated heterocycles. The van der Waals surface area contributed by atoms with Crippen LogP contribution in [0.3, 0.4) is 0 Å². The van der Waals surface area contributed by atoms with E-state index in [0.29, 0.717) is 22.7 Å². The highest BCUT2D eigenvalue weighted by Gasteiger charge is 2.53. The molecule has 0 spiro atoms. The number of nitrogens with one attached hydrogen (secondary N) is 2. The number of guanidine groups is 1. The van der Waals surface area contributed by atoms with Gasteiger partial charge in [-0.05, 0) is 62.1 Å². The first-order valence-electron chi connectivity index (χ1n) is 9.20. The summed E-state index contributed by atoms with van der Waals surface area (Å²) in [4.78, 5) is 4.55. The number of hydrogen-bond acceptors (Lipinski definition) is 3. The Morgan fingerprint density at radius 1 is 1.30 bits per heavy atom. The highest BCUT2D eigenvalue weighted by Crippen LogP contribution is 2.60. The van der Waals surface area contributed by atoms with Crippen LogP contribution < -0.4 is 20.1 Å². The van der Waals surface area contributed by atoms with Crippen LogP contribution in [-0.2, 0) is 6.54 Å². The van der Waals surface area contributed by atoms with Crippen LogP contribution >= 0.6 is 24.0 Å². The van der Waals surface area contributed by atoms with Gasteiger partial charge in [-0.25, -0.2) is 4.99 Å². The number of nitrogens with zero attached hydrogens (tertiary/aromatic N) is 1. The average molecular weight is 495 g/mol. The van der Waals surface area contributed by atoms with Crippen molar-refractivity contribution in [3.05, 3.63) is 23.8 Å². The Morgan fingerprint density at radius 2 is 2.04 bits per heavy atom. The summed E-state index contributed by atoms with van der Waals surface area (Å²) in [7, 11) is 1.54. The Balaban J connectivity index is 0.00000261. The maximum Gasteiger partial charge on any atom is 0.387 e. The summed E-state index contributed by atoms with van der Waals surface area (Å²) < 4.78 is 35.0. The van der Waals surface area contributed by atoms with E-state index in [1.165, 1.54) is 38.9 Å². The van der Waals surface area contributed by atoms with Crippen molar-refractivity contribution in [1.82, 2.24) is 10.6 Å². The molecular formula is C19H28F2IN3O2. The lowest BCUT2D eigenvalue weighted by atomic mass is 10.0. The number of halogens is 3. The standard InChI is InChI=1S/C19H27F2N3O2.HI/c1-3-22-18(24-12-19(8-9-19)14-4-5-14)23-11-13-10-15(25-2)6-7-16(13)26-17(20)21;/h6-7,10,14,17H,3-5,8-9,11-12H2,1-2H3,(H2,22,23,24);1H. The van der Waals surface area contributed by atoms with Crippen molar-refractivity contribution in [1.29, 1.82) is 0 Å². The normalized spacial score (nSPS) is 17.9. The van der Waals surface area contributed by atoms with Crippen molar-refractivity contribution in [2.45, 2.75) is 45.8 Å². The van der Waals surface area contributed by atoms with E-state index in [1.54, 1.807) is 12.1 Å². The van der Waals surface area contributed by atoms with Crippen molar-refractivity contribution in [2.24, 2.45) is 16.3 Å². The summed E-state index contributed by atoms with van der Waals surface area (Å²) in [5.74, 6) is 2.27. The molecule has 1 aromatic rings. The van der Waals surface area contributed by atoms with Gasteiger partial charge >= 0.3 is 6.61 Å². The summed E-state index contributed by atoms with van der Waals surface area (Å²) in [6.07, 6.45) is 5.25. The Bertz CT molecular complexity index is 650. The second kappa shape index (κ2) is 9.75. The Labute approximate surface area is 176 Å². The Kier molecular flexibility index (Phi) is 7.93. The molecule has 0 atom stereocenters. The van der Waals surface area contributed by atoms with Gasteiger partial charge in [0.05, 0.1) is 13.7 Å². The fraction of sp³-hybridized carbons (Fsp3) is 0.632. The molecular weight excluding hydrogens is 467 g/mol. The van der Waals surface area contributed by atoms with Crippen molar-refractivity contribution in [3.8, 4) is 11.5 Å². The molecule has 0 amide bonds. The molecule has 0 unspecified atom stereocenters. The lowest BCUT2D eigenvalue weighted by Gasteiger charge is -2.18. The molecule has 0 radical (unpaired) electrons. The molecule has 2 saturated carbocycles. The predicted molar refractivity (Wildman–Crippen MR) is 112 cm³/mol. The molecule has 27 heavy (non-hydrogen) atoms. The quantitative estimate of drug-likeness (QED) is 0.307. The third-order valence-electron chi connectivity index (χ3n) is 5.18. The van der Waals surface area contributed by atoms with Crippen LogP contribution in [0.1, 0.15) is 38.2 Å². The maximum absolute atomic E-state index is 12.6. The van der Waals surface area contributed by atoms with Gasteiger partial charge in [-0.2, -0.15) is 8.78 Å². The molecule has 3 rings (SSSR count). The Hall–Kier alpha value is -1.32. The van der Waals surface area contributed by atoms with Crippen molar-refractivity contribution < 1.29 is 18.3 Å². The monoisotopic (exact) mass is 495 g/mol. The van der Waals surface area contributed by atoms with Crippen molar-refractivity contribution >= 4 is 29.9 Å². The SMILES string of the molecule is CCNC(=NCc1cc(OC)ccc1OC(F)F)NCC1(C2CC2)CC1.I. The van der Waals surface area contributed by atoms with E-state index < -0.39 is 6.61 Å². The zero-order chi connectivity index (χ0) is 18.6. The molecule has 1 aromatic carbocycles. The molecule has 0 bridgehead atoms. The molecule has 8 heteroatoms. The average Bonchev–Trinajstić information content (AvgIpc) is 3.51. The summed E-state index contributed by atoms with van der Waals surface area (Å²) in [5.41, 5.74) is 1.01. The summed E-state index contributed by atoms with van der Waals surface area (Å²) in [5, 5.41) is 6.64. The topological polar surface area (TPSA) is 54.9 Å². The molecule has 2 aliphatic carbocycles. The third-order valence-corrected chi connectivity index (χ3v) is 5.18. The number of rotatable bonds is 9. The second-order valence-corrected chi connectivity index (χ2v) is 7.04. The number of ether oxygens (including phenoxy) is 2. The van der Waals surface area contributed by atoms with E-state index in [1.807, 2.05) is 6.92 Å². The second-order valence-electron chi connectivity index (χ2n) is 7.04.